The summed E-state index contributed by atoms with van der Waals surface area (Å²) in [6, 6.07) is 11.5. The Balaban J connectivity index is 1.33. The fourth-order valence-corrected chi connectivity index (χ4v) is 6.08. The predicted octanol–water partition coefficient (Wildman–Crippen LogP) is 6.58. The highest BCUT2D eigenvalue weighted by Crippen LogP contribution is 2.56. The van der Waals surface area contributed by atoms with E-state index in [4.69, 9.17) is 4.74 Å². The second kappa shape index (κ2) is 10.4. The van der Waals surface area contributed by atoms with Gasteiger partial charge in [-0.1, -0.05) is 32.0 Å². The molecule has 1 heterocycles. The Morgan fingerprint density at radius 3 is 2.66 bits per heavy atom. The number of ether oxygens (including phenoxy) is 1. The molecule has 0 radical (unpaired) electrons. The number of nitrogens with one attached hydrogen (secondary N) is 1. The van der Waals surface area contributed by atoms with Gasteiger partial charge in [-0.05, 0) is 68.6 Å². The first kappa shape index (κ1) is 26.7. The number of carbonyl (C=O) groups is 1. The van der Waals surface area contributed by atoms with Crippen LogP contribution in [0, 0.1) is 17.7 Å². The molecule has 1 saturated carbocycles. The Labute approximate surface area is 221 Å². The number of esters is 1. The van der Waals surface area contributed by atoms with E-state index in [9.17, 15) is 9.18 Å². The number of aryl methyl sites for hydroxylation is 1. The number of rotatable bonds is 10. The Hall–Kier alpha value is -2.87. The van der Waals surface area contributed by atoms with Crippen molar-refractivity contribution < 1.29 is 22.7 Å². The number of para-hydroxylation sites is 2. The van der Waals surface area contributed by atoms with Crippen LogP contribution < -0.4 is 0 Å². The van der Waals surface area contributed by atoms with Crippen LogP contribution in [0.25, 0.3) is 11.0 Å². The summed E-state index contributed by atoms with van der Waals surface area (Å²) in [5, 5.41) is 0. The van der Waals surface area contributed by atoms with Gasteiger partial charge in [-0.2, -0.15) is 0 Å². The number of hydrogen-bond donors (Lipinski definition) is 1. The fourth-order valence-electron chi connectivity index (χ4n) is 6.08. The van der Waals surface area contributed by atoms with E-state index >= 15 is 8.78 Å². The van der Waals surface area contributed by atoms with Gasteiger partial charge in [-0.25, -0.2) is 18.2 Å². The molecule has 2 atom stereocenters. The lowest BCUT2D eigenvalue weighted by Crippen LogP contribution is -2.52. The van der Waals surface area contributed by atoms with Gasteiger partial charge in [0.1, 0.15) is 17.2 Å². The highest BCUT2D eigenvalue weighted by atomic mass is 19.3. The predicted molar refractivity (Wildman–Crippen MR) is 141 cm³/mol. The summed E-state index contributed by atoms with van der Waals surface area (Å²) in [6.07, 6.45) is 2.73. The molecule has 38 heavy (non-hydrogen) atoms. The van der Waals surface area contributed by atoms with Crippen molar-refractivity contribution in [1.29, 1.82) is 0 Å². The van der Waals surface area contributed by atoms with Crippen molar-refractivity contribution in [2.24, 2.45) is 11.8 Å². The number of carbonyl (C=O) groups excluding carboxylic acids is 1. The Morgan fingerprint density at radius 1 is 1.18 bits per heavy atom. The van der Waals surface area contributed by atoms with Gasteiger partial charge >= 0.3 is 5.97 Å². The van der Waals surface area contributed by atoms with Gasteiger partial charge in [-0.3, -0.25) is 4.79 Å². The number of alkyl halides is 2. The van der Waals surface area contributed by atoms with Crippen LogP contribution in [0.1, 0.15) is 68.8 Å². The molecular formula is C30H36F3N3O2. The van der Waals surface area contributed by atoms with E-state index < -0.39 is 29.7 Å². The first-order valence-electron chi connectivity index (χ1n) is 13.6. The molecule has 3 aromatic rings. The molecule has 1 N–H and O–H groups in total. The molecule has 2 aromatic carbocycles. The number of halogens is 3. The third-order valence-electron chi connectivity index (χ3n) is 8.02. The van der Waals surface area contributed by atoms with E-state index in [1.54, 1.807) is 0 Å². The van der Waals surface area contributed by atoms with Crippen LogP contribution in [0.2, 0.25) is 0 Å². The van der Waals surface area contributed by atoms with Crippen LogP contribution in [0.4, 0.5) is 13.2 Å². The summed E-state index contributed by atoms with van der Waals surface area (Å²) in [5.41, 5.74) is 0.680. The maximum atomic E-state index is 15.6. The van der Waals surface area contributed by atoms with Gasteiger partial charge < -0.3 is 14.6 Å². The molecule has 0 saturated heterocycles. The molecule has 1 aromatic heterocycles. The number of benzene rings is 2. The molecule has 1 fully saturated rings. The second-order valence-corrected chi connectivity index (χ2v) is 11.5. The maximum absolute atomic E-state index is 15.6. The zero-order valence-electron chi connectivity index (χ0n) is 22.3. The van der Waals surface area contributed by atoms with E-state index in [0.29, 0.717) is 12.1 Å². The number of aromatic nitrogens is 2. The van der Waals surface area contributed by atoms with Crippen LogP contribution in [0.5, 0.6) is 0 Å². The average Bonchev–Trinajstić information content (AvgIpc) is 3.63. The zero-order chi connectivity index (χ0) is 27.1. The van der Waals surface area contributed by atoms with Crippen LogP contribution in [0.15, 0.2) is 42.5 Å². The monoisotopic (exact) mass is 527 g/mol. The number of fused-ring (bicyclic) bond motifs is 2. The normalized spacial score (nSPS) is 22.7. The molecule has 2 aliphatic carbocycles. The molecular weight excluding hydrogens is 491 g/mol. The topological polar surface area (TPSA) is 58.2 Å². The third-order valence-corrected chi connectivity index (χ3v) is 8.02. The summed E-state index contributed by atoms with van der Waals surface area (Å²) in [7, 11) is 1.96. The molecule has 0 spiro atoms. The number of hydrogen-bond acceptors (Lipinski definition) is 4. The molecule has 0 bridgehead atoms. The van der Waals surface area contributed by atoms with Crippen molar-refractivity contribution in [2.45, 2.75) is 69.8 Å². The van der Waals surface area contributed by atoms with Crippen molar-refractivity contribution in [2.75, 3.05) is 20.1 Å². The lowest BCUT2D eigenvalue weighted by molar-refractivity contribution is -0.186. The summed E-state index contributed by atoms with van der Waals surface area (Å²) in [6.45, 7) is 5.15. The summed E-state index contributed by atoms with van der Waals surface area (Å²) in [4.78, 5) is 23.0. The van der Waals surface area contributed by atoms with Gasteiger partial charge in [-0.15, -0.1) is 0 Å². The smallest absolute Gasteiger partial charge is 0.309 e. The van der Waals surface area contributed by atoms with Crippen molar-refractivity contribution in [3.63, 3.8) is 0 Å². The molecule has 0 amide bonds. The minimum atomic E-state index is -3.30. The minimum Gasteiger partial charge on any atom is -0.458 e. The van der Waals surface area contributed by atoms with Crippen molar-refractivity contribution >= 4 is 17.0 Å². The largest absolute Gasteiger partial charge is 0.458 e. The van der Waals surface area contributed by atoms with Crippen LogP contribution in [-0.2, 0) is 21.9 Å². The number of nitrogens with zero attached hydrogens (tertiary/aromatic N) is 2. The maximum Gasteiger partial charge on any atom is 0.309 e. The van der Waals surface area contributed by atoms with E-state index in [1.165, 1.54) is 12.1 Å². The molecule has 8 heteroatoms. The fraction of sp³-hybridized carbons (Fsp3) is 0.533. The van der Waals surface area contributed by atoms with Gasteiger partial charge in [0.15, 0.2) is 0 Å². The van der Waals surface area contributed by atoms with Gasteiger partial charge in [0.05, 0.1) is 23.4 Å². The summed E-state index contributed by atoms with van der Waals surface area (Å²) >= 11 is 0. The highest BCUT2D eigenvalue weighted by Gasteiger charge is 2.58. The second-order valence-electron chi connectivity index (χ2n) is 11.5. The van der Waals surface area contributed by atoms with Crippen molar-refractivity contribution in [3.8, 4) is 0 Å². The van der Waals surface area contributed by atoms with Crippen LogP contribution >= 0.6 is 0 Å². The van der Waals surface area contributed by atoms with Gasteiger partial charge in [0, 0.05) is 30.9 Å². The van der Waals surface area contributed by atoms with Gasteiger partial charge in [0.2, 0.25) is 0 Å². The molecule has 0 aliphatic heterocycles. The van der Waals surface area contributed by atoms with Crippen molar-refractivity contribution in [1.82, 2.24) is 14.9 Å². The lowest BCUT2D eigenvalue weighted by Gasteiger charge is -2.49. The van der Waals surface area contributed by atoms with Crippen LogP contribution in [-0.4, -0.2) is 46.6 Å². The number of H-pyrrole nitrogens is 1. The standard InChI is InChI=1S/C30H36F3N3O2/c1-19(2)27-22-13-12-21(31)17-23(22)30(32,33)18-29(27,38-28(37)20-10-11-20)14-16-36(3)15-6-9-26-34-24-7-4-5-8-25(24)35-26/h4-5,7-8,12-13,17,19-20,27H,6,9-11,14-16,18H2,1-3H3,(H,34,35). The quantitative estimate of drug-likeness (QED) is 0.303. The Morgan fingerprint density at radius 2 is 1.95 bits per heavy atom. The first-order valence-corrected chi connectivity index (χ1v) is 13.6. The molecule has 2 aliphatic rings. The molecule has 5 nitrogen and oxygen atoms in total. The van der Waals surface area contributed by atoms with Crippen LogP contribution in [0.3, 0.4) is 0 Å². The average molecular weight is 528 g/mol. The van der Waals surface area contributed by atoms with Gasteiger partial charge in [0.25, 0.3) is 5.92 Å². The Bertz CT molecular complexity index is 1270. The third kappa shape index (κ3) is 5.46. The molecule has 2 unspecified atom stereocenters. The number of imidazole rings is 1. The molecule has 204 valence electrons. The SMILES string of the molecule is CC(C)C1c2ccc(F)cc2C(F)(F)CC1(CCN(C)CCCc1nc2ccccc2[nH]1)OC(=O)C1CC1. The van der Waals surface area contributed by atoms with E-state index in [1.807, 2.05) is 45.2 Å². The Kier molecular flexibility index (Phi) is 7.29. The summed E-state index contributed by atoms with van der Waals surface area (Å²) < 4.78 is 51.3. The zero-order valence-corrected chi connectivity index (χ0v) is 22.3. The first-order chi connectivity index (χ1) is 18.1. The highest BCUT2D eigenvalue weighted by molar-refractivity contribution is 5.76. The van der Waals surface area contributed by atoms with E-state index in [2.05, 4.69) is 14.9 Å². The van der Waals surface area contributed by atoms with Crippen molar-refractivity contribution in [3.05, 3.63) is 65.2 Å². The summed E-state index contributed by atoms with van der Waals surface area (Å²) in [5.74, 6) is -4.19. The lowest BCUT2D eigenvalue weighted by atomic mass is 9.64. The molecule has 5 rings (SSSR count). The number of aromatic amines is 1. The minimum absolute atomic E-state index is 0.0827. The van der Waals surface area contributed by atoms with E-state index in [0.717, 1.165) is 55.2 Å². The van der Waals surface area contributed by atoms with E-state index in [-0.39, 0.29) is 29.8 Å².